The van der Waals surface area contributed by atoms with Gasteiger partial charge in [-0.1, -0.05) is 36.1 Å². The summed E-state index contributed by atoms with van der Waals surface area (Å²) in [5.41, 5.74) is 3.02. The Labute approximate surface area is 207 Å². The van der Waals surface area contributed by atoms with Gasteiger partial charge < -0.3 is 19.8 Å². The van der Waals surface area contributed by atoms with Gasteiger partial charge in [-0.15, -0.1) is 0 Å². The van der Waals surface area contributed by atoms with E-state index in [1.165, 1.54) is 16.7 Å². The first-order valence-electron chi connectivity index (χ1n) is 10.8. The largest absolute Gasteiger partial charge is 0.497 e. The summed E-state index contributed by atoms with van der Waals surface area (Å²) in [4.78, 5) is 30.4. The number of nitrogens with zero attached hydrogens (tertiary/aromatic N) is 1. The number of hydrogen-bond acceptors (Lipinski definition) is 6. The van der Waals surface area contributed by atoms with Crippen molar-refractivity contribution in [3.63, 3.8) is 0 Å². The second-order valence-corrected chi connectivity index (χ2v) is 9.36. The Morgan fingerprint density at radius 3 is 2.62 bits per heavy atom. The molecule has 1 aliphatic rings. The number of methoxy groups -OCH3 is 2. The van der Waals surface area contributed by atoms with Crippen LogP contribution in [0, 0.1) is 0 Å². The maximum absolute atomic E-state index is 12.8. The number of thiocarbonyl (C=S) groups is 1. The van der Waals surface area contributed by atoms with Gasteiger partial charge >= 0.3 is 0 Å². The lowest BCUT2D eigenvalue weighted by molar-refractivity contribution is -0.123. The van der Waals surface area contributed by atoms with Crippen molar-refractivity contribution in [2.45, 2.75) is 12.8 Å². The zero-order valence-corrected chi connectivity index (χ0v) is 20.6. The molecule has 2 N–H and O–H groups in total. The van der Waals surface area contributed by atoms with Crippen LogP contribution in [0.15, 0.2) is 53.6 Å². The number of ether oxygens (including phenoxy) is 2. The molecule has 0 radical (unpaired) electrons. The fourth-order valence-electron chi connectivity index (χ4n) is 3.67. The van der Waals surface area contributed by atoms with Gasteiger partial charge in [0, 0.05) is 36.6 Å². The molecule has 1 fully saturated rings. The van der Waals surface area contributed by atoms with Gasteiger partial charge in [0.2, 0.25) is 5.91 Å². The highest BCUT2D eigenvalue weighted by molar-refractivity contribution is 8.26. The molecule has 3 aromatic rings. The number of carbonyl (C=O) groups excluding carboxylic acids is 2. The summed E-state index contributed by atoms with van der Waals surface area (Å²) in [7, 11) is 3.25. The average molecular weight is 496 g/mol. The van der Waals surface area contributed by atoms with Crippen molar-refractivity contribution < 1.29 is 19.1 Å². The molecular weight excluding hydrogens is 470 g/mol. The van der Waals surface area contributed by atoms with Gasteiger partial charge in [0.25, 0.3) is 5.91 Å². The second kappa shape index (κ2) is 10.8. The fourth-order valence-corrected chi connectivity index (χ4v) is 4.98. The Hall–Kier alpha value is -3.30. The van der Waals surface area contributed by atoms with Crippen molar-refractivity contribution in [3.05, 3.63) is 64.7 Å². The SMILES string of the molecule is COc1ccc(/C=C2\SC(=S)N(CCC(=O)NCCc3c[nH]c4ccc(OC)cc34)C2=O)cc1. The summed E-state index contributed by atoms with van der Waals surface area (Å²) in [6.45, 7) is 0.750. The first-order valence-corrected chi connectivity index (χ1v) is 12.0. The standard InChI is InChI=1S/C25H25N3O4S2/c1-31-18-5-3-16(4-6-18)13-22-24(30)28(25(33)34-22)12-10-23(29)26-11-9-17-15-27-21-8-7-19(32-2)14-20(17)21/h3-8,13-15,27H,9-12H2,1-2H3,(H,26,29)/b22-13-. The fraction of sp³-hybridized carbons (Fsp3) is 0.240. The lowest BCUT2D eigenvalue weighted by atomic mass is 10.1. The zero-order chi connectivity index (χ0) is 24.1. The number of thioether (sulfide) groups is 1. The maximum atomic E-state index is 12.8. The number of fused-ring (bicyclic) bond motifs is 1. The Morgan fingerprint density at radius 1 is 1.15 bits per heavy atom. The van der Waals surface area contributed by atoms with E-state index in [9.17, 15) is 9.59 Å². The lowest BCUT2D eigenvalue weighted by Gasteiger charge is -2.14. The van der Waals surface area contributed by atoms with Crippen LogP contribution in [0.5, 0.6) is 11.5 Å². The van der Waals surface area contributed by atoms with Crippen molar-refractivity contribution >= 4 is 57.1 Å². The van der Waals surface area contributed by atoms with E-state index >= 15 is 0 Å². The molecule has 1 saturated heterocycles. The molecule has 0 spiro atoms. The summed E-state index contributed by atoms with van der Waals surface area (Å²) in [6, 6.07) is 13.3. The maximum Gasteiger partial charge on any atom is 0.266 e. The minimum Gasteiger partial charge on any atom is -0.497 e. The molecule has 2 heterocycles. The number of benzene rings is 2. The third-order valence-electron chi connectivity index (χ3n) is 5.54. The van der Waals surface area contributed by atoms with Gasteiger partial charge in [-0.05, 0) is 54.0 Å². The molecule has 2 amide bonds. The third kappa shape index (κ3) is 5.43. The van der Waals surface area contributed by atoms with Crippen LogP contribution >= 0.6 is 24.0 Å². The average Bonchev–Trinajstić information content (AvgIpc) is 3.37. The van der Waals surface area contributed by atoms with Crippen LogP contribution in [-0.2, 0) is 16.0 Å². The Morgan fingerprint density at radius 2 is 1.88 bits per heavy atom. The van der Waals surface area contributed by atoms with Crippen molar-refractivity contribution in [1.29, 1.82) is 0 Å². The van der Waals surface area contributed by atoms with Gasteiger partial charge in [-0.25, -0.2) is 0 Å². The van der Waals surface area contributed by atoms with E-state index in [0.29, 0.717) is 22.2 Å². The van der Waals surface area contributed by atoms with E-state index in [-0.39, 0.29) is 24.8 Å². The number of rotatable bonds is 9. The molecule has 0 atom stereocenters. The molecule has 1 aliphatic heterocycles. The number of aromatic nitrogens is 1. The van der Waals surface area contributed by atoms with Crippen LogP contribution in [0.2, 0.25) is 0 Å². The summed E-state index contributed by atoms with van der Waals surface area (Å²) >= 11 is 6.62. The van der Waals surface area contributed by atoms with Crippen molar-refractivity contribution in [1.82, 2.24) is 15.2 Å². The van der Waals surface area contributed by atoms with Crippen LogP contribution in [0.25, 0.3) is 17.0 Å². The Balaban J connectivity index is 1.27. The molecule has 34 heavy (non-hydrogen) atoms. The highest BCUT2D eigenvalue weighted by Gasteiger charge is 2.32. The van der Waals surface area contributed by atoms with Crippen molar-refractivity contribution in [2.24, 2.45) is 0 Å². The Kier molecular flexibility index (Phi) is 7.54. The predicted molar refractivity (Wildman–Crippen MR) is 139 cm³/mol. The summed E-state index contributed by atoms with van der Waals surface area (Å²) < 4.78 is 10.9. The molecule has 2 aromatic carbocycles. The number of H-pyrrole nitrogens is 1. The molecule has 0 bridgehead atoms. The molecule has 7 nitrogen and oxygen atoms in total. The normalized spacial score (nSPS) is 14.8. The Bertz CT molecular complexity index is 1250. The predicted octanol–water partition coefficient (Wildman–Crippen LogP) is 4.14. The molecule has 0 unspecified atom stereocenters. The van der Waals surface area contributed by atoms with Crippen LogP contribution in [0.4, 0.5) is 0 Å². The second-order valence-electron chi connectivity index (χ2n) is 7.68. The summed E-state index contributed by atoms with van der Waals surface area (Å²) in [6.07, 6.45) is 4.62. The highest BCUT2D eigenvalue weighted by atomic mass is 32.2. The molecule has 0 saturated carbocycles. The first-order chi connectivity index (χ1) is 16.5. The highest BCUT2D eigenvalue weighted by Crippen LogP contribution is 2.32. The smallest absolute Gasteiger partial charge is 0.266 e. The van der Waals surface area contributed by atoms with Crippen molar-refractivity contribution in [2.75, 3.05) is 27.3 Å². The van der Waals surface area contributed by atoms with Crippen LogP contribution in [0.3, 0.4) is 0 Å². The van der Waals surface area contributed by atoms with Gasteiger partial charge in [0.05, 0.1) is 19.1 Å². The summed E-state index contributed by atoms with van der Waals surface area (Å²) in [5, 5.41) is 4.01. The molecule has 176 valence electrons. The van der Waals surface area contributed by atoms with Crippen LogP contribution in [-0.4, -0.2) is 53.3 Å². The van der Waals surface area contributed by atoms with Gasteiger partial charge in [-0.3, -0.25) is 14.5 Å². The quantitative estimate of drug-likeness (QED) is 0.343. The van der Waals surface area contributed by atoms with Gasteiger partial charge in [0.1, 0.15) is 15.8 Å². The van der Waals surface area contributed by atoms with Gasteiger partial charge in [-0.2, -0.15) is 0 Å². The monoisotopic (exact) mass is 495 g/mol. The number of aromatic amines is 1. The third-order valence-corrected chi connectivity index (χ3v) is 6.92. The number of amides is 2. The zero-order valence-electron chi connectivity index (χ0n) is 18.9. The molecule has 0 aliphatic carbocycles. The van der Waals surface area contributed by atoms with Gasteiger partial charge in [0.15, 0.2) is 0 Å². The summed E-state index contributed by atoms with van der Waals surface area (Å²) in [5.74, 6) is 1.25. The molecule has 1 aromatic heterocycles. The topological polar surface area (TPSA) is 83.7 Å². The van der Waals surface area contributed by atoms with Crippen LogP contribution in [0.1, 0.15) is 17.5 Å². The number of carbonyl (C=O) groups is 2. The minimum atomic E-state index is -0.175. The lowest BCUT2D eigenvalue weighted by Crippen LogP contribution is -2.34. The number of hydrogen-bond donors (Lipinski definition) is 2. The van der Waals surface area contributed by atoms with E-state index in [0.717, 1.165) is 33.5 Å². The minimum absolute atomic E-state index is 0.120. The van der Waals surface area contributed by atoms with Crippen molar-refractivity contribution in [3.8, 4) is 11.5 Å². The first kappa shape index (κ1) is 23.8. The molecular formula is C25H25N3O4S2. The van der Waals surface area contributed by atoms with E-state index in [1.807, 2.05) is 48.7 Å². The molecule has 9 heteroatoms. The van der Waals surface area contributed by atoms with E-state index in [2.05, 4.69) is 10.3 Å². The van der Waals surface area contributed by atoms with E-state index in [1.54, 1.807) is 20.3 Å². The van der Waals surface area contributed by atoms with E-state index < -0.39 is 0 Å². The number of nitrogens with one attached hydrogen (secondary N) is 2. The molecule has 4 rings (SSSR count). The van der Waals surface area contributed by atoms with Crippen LogP contribution < -0.4 is 14.8 Å². The van der Waals surface area contributed by atoms with E-state index in [4.69, 9.17) is 21.7 Å².